The lowest BCUT2D eigenvalue weighted by molar-refractivity contribution is -0.135. The molecule has 1 amide bonds. The van der Waals surface area contributed by atoms with Gasteiger partial charge in [0.05, 0.1) is 6.54 Å². The van der Waals surface area contributed by atoms with Gasteiger partial charge in [-0.1, -0.05) is 17.7 Å². The van der Waals surface area contributed by atoms with Gasteiger partial charge in [0, 0.05) is 35.1 Å². The van der Waals surface area contributed by atoms with Gasteiger partial charge in [0.15, 0.2) is 0 Å². The summed E-state index contributed by atoms with van der Waals surface area (Å²) in [5.74, 6) is -0.0561. The van der Waals surface area contributed by atoms with Crippen LogP contribution in [0.15, 0.2) is 18.2 Å². The van der Waals surface area contributed by atoms with E-state index in [1.165, 1.54) is 6.07 Å². The lowest BCUT2D eigenvalue weighted by Gasteiger charge is -2.35. The van der Waals surface area contributed by atoms with Crippen molar-refractivity contribution in [3.05, 3.63) is 34.6 Å². The molecule has 0 bridgehead atoms. The third-order valence-corrected chi connectivity index (χ3v) is 5.99. The van der Waals surface area contributed by atoms with E-state index in [-0.39, 0.29) is 36.3 Å². The topological polar surface area (TPSA) is 47.6 Å². The summed E-state index contributed by atoms with van der Waals surface area (Å²) in [7, 11) is 2.09. The number of halogens is 2. The standard InChI is InChI=1S/C18H24ClFN4O/c1-23-8-7-16-13(9-23)17(22-21-16)18(25)24(11-5-6-11)10-12-14(19)3-2-4-15(12)20/h2-4,11,13,16-17,21-22H,5-10H2,1H3. The third-order valence-electron chi connectivity index (χ3n) is 5.64. The van der Waals surface area contributed by atoms with Gasteiger partial charge in [0.25, 0.3) is 0 Å². The summed E-state index contributed by atoms with van der Waals surface area (Å²) < 4.78 is 14.2. The Balaban J connectivity index is 1.54. The van der Waals surface area contributed by atoms with Gasteiger partial charge in [-0.05, 0) is 45.0 Å². The highest BCUT2D eigenvalue weighted by Gasteiger charge is 2.46. The molecule has 2 heterocycles. The molecular formula is C18H24ClFN4O. The summed E-state index contributed by atoms with van der Waals surface area (Å²) in [5, 5.41) is 0.381. The number of carbonyl (C=O) groups is 1. The number of hydrogen-bond donors (Lipinski definition) is 2. The number of fused-ring (bicyclic) bond motifs is 1. The molecule has 5 nitrogen and oxygen atoms in total. The van der Waals surface area contributed by atoms with Gasteiger partial charge in [0.1, 0.15) is 11.9 Å². The molecular weight excluding hydrogens is 343 g/mol. The molecule has 1 aliphatic carbocycles. The first kappa shape index (κ1) is 17.2. The van der Waals surface area contributed by atoms with Crippen LogP contribution in [0.1, 0.15) is 24.8 Å². The van der Waals surface area contributed by atoms with Crippen LogP contribution in [0.5, 0.6) is 0 Å². The first-order valence-electron chi connectivity index (χ1n) is 8.97. The molecule has 0 aromatic heterocycles. The summed E-state index contributed by atoms with van der Waals surface area (Å²) in [6.45, 7) is 2.16. The molecule has 2 aliphatic heterocycles. The number of likely N-dealkylation sites (tertiary alicyclic amines) is 1. The second-order valence-electron chi connectivity index (χ2n) is 7.49. The van der Waals surface area contributed by atoms with Gasteiger partial charge in [0.2, 0.25) is 5.91 Å². The number of benzene rings is 1. The Morgan fingerprint density at radius 1 is 1.36 bits per heavy atom. The molecule has 2 saturated heterocycles. The number of nitrogens with zero attached hydrogens (tertiary/aromatic N) is 2. The Morgan fingerprint density at radius 2 is 2.16 bits per heavy atom. The zero-order valence-corrected chi connectivity index (χ0v) is 15.1. The number of hydrogen-bond acceptors (Lipinski definition) is 4. The lowest BCUT2D eigenvalue weighted by Crippen LogP contribution is -2.51. The predicted octanol–water partition coefficient (Wildman–Crippen LogP) is 1.77. The van der Waals surface area contributed by atoms with Crippen molar-refractivity contribution >= 4 is 17.5 Å². The van der Waals surface area contributed by atoms with Crippen molar-refractivity contribution in [1.82, 2.24) is 20.7 Å². The summed E-state index contributed by atoms with van der Waals surface area (Å²) in [6.07, 6.45) is 2.98. The average Bonchev–Trinajstić information content (AvgIpc) is 3.33. The molecule has 1 saturated carbocycles. The van der Waals surface area contributed by atoms with E-state index in [0.29, 0.717) is 16.6 Å². The molecule has 3 unspecified atom stereocenters. The quantitative estimate of drug-likeness (QED) is 0.852. The highest BCUT2D eigenvalue weighted by molar-refractivity contribution is 6.31. The van der Waals surface area contributed by atoms with Crippen molar-refractivity contribution < 1.29 is 9.18 Å². The number of carbonyl (C=O) groups excluding carboxylic acids is 1. The SMILES string of the molecule is CN1CCC2NNC(C(=O)N(Cc3c(F)cccc3Cl)C3CC3)C2C1. The fraction of sp³-hybridized carbons (Fsp3) is 0.611. The number of amides is 1. The minimum atomic E-state index is -0.348. The van der Waals surface area contributed by atoms with Crippen molar-refractivity contribution in [2.75, 3.05) is 20.1 Å². The van der Waals surface area contributed by atoms with E-state index in [2.05, 4.69) is 22.8 Å². The maximum atomic E-state index is 14.2. The van der Waals surface area contributed by atoms with Gasteiger partial charge in [-0.15, -0.1) is 0 Å². The Hall–Kier alpha value is -1.21. The molecule has 3 aliphatic rings. The van der Waals surface area contributed by atoms with E-state index in [9.17, 15) is 9.18 Å². The zero-order chi connectivity index (χ0) is 17.6. The van der Waals surface area contributed by atoms with Crippen LogP contribution in [0.4, 0.5) is 4.39 Å². The third kappa shape index (κ3) is 3.40. The molecule has 1 aromatic rings. The summed E-state index contributed by atoms with van der Waals surface area (Å²) in [6, 6.07) is 4.93. The first-order valence-corrected chi connectivity index (χ1v) is 9.35. The minimum Gasteiger partial charge on any atom is -0.334 e. The Morgan fingerprint density at radius 3 is 2.88 bits per heavy atom. The highest BCUT2D eigenvalue weighted by Crippen LogP contribution is 2.33. The smallest absolute Gasteiger partial charge is 0.242 e. The van der Waals surface area contributed by atoms with E-state index in [1.807, 2.05) is 4.90 Å². The van der Waals surface area contributed by atoms with Crippen molar-refractivity contribution in [2.45, 2.75) is 43.9 Å². The van der Waals surface area contributed by atoms with E-state index >= 15 is 0 Å². The lowest BCUT2D eigenvalue weighted by atomic mass is 9.88. The summed E-state index contributed by atoms with van der Waals surface area (Å²) >= 11 is 6.18. The first-order chi connectivity index (χ1) is 12.0. The van der Waals surface area contributed by atoms with Crippen LogP contribution in [-0.2, 0) is 11.3 Å². The Labute approximate surface area is 152 Å². The molecule has 0 spiro atoms. The normalized spacial score (nSPS) is 29.5. The predicted molar refractivity (Wildman–Crippen MR) is 94.4 cm³/mol. The van der Waals surface area contributed by atoms with Crippen LogP contribution in [0.2, 0.25) is 5.02 Å². The van der Waals surface area contributed by atoms with Crippen molar-refractivity contribution in [1.29, 1.82) is 0 Å². The molecule has 1 aromatic carbocycles. The monoisotopic (exact) mass is 366 g/mol. The number of nitrogens with one attached hydrogen (secondary N) is 2. The molecule has 136 valence electrons. The Bertz CT molecular complexity index is 648. The fourth-order valence-electron chi connectivity index (χ4n) is 4.02. The molecule has 4 rings (SSSR count). The Kier molecular flexibility index (Phi) is 4.71. The van der Waals surface area contributed by atoms with E-state index in [4.69, 9.17) is 11.6 Å². The maximum Gasteiger partial charge on any atom is 0.242 e. The highest BCUT2D eigenvalue weighted by atomic mass is 35.5. The second-order valence-corrected chi connectivity index (χ2v) is 7.89. The summed E-state index contributed by atoms with van der Waals surface area (Å²) in [4.78, 5) is 17.3. The van der Waals surface area contributed by atoms with Gasteiger partial charge in [-0.3, -0.25) is 10.2 Å². The summed E-state index contributed by atoms with van der Waals surface area (Å²) in [5.41, 5.74) is 6.90. The fourth-order valence-corrected chi connectivity index (χ4v) is 4.25. The number of hydrazine groups is 1. The van der Waals surface area contributed by atoms with Crippen molar-refractivity contribution in [3.8, 4) is 0 Å². The van der Waals surface area contributed by atoms with Gasteiger partial charge in [-0.25, -0.2) is 9.82 Å². The average molecular weight is 367 g/mol. The van der Waals surface area contributed by atoms with E-state index in [0.717, 1.165) is 32.4 Å². The van der Waals surface area contributed by atoms with Gasteiger partial charge in [-0.2, -0.15) is 0 Å². The van der Waals surface area contributed by atoms with Crippen LogP contribution < -0.4 is 10.9 Å². The van der Waals surface area contributed by atoms with E-state index in [1.54, 1.807) is 12.1 Å². The van der Waals surface area contributed by atoms with Crippen molar-refractivity contribution in [3.63, 3.8) is 0 Å². The van der Waals surface area contributed by atoms with Crippen LogP contribution in [-0.4, -0.2) is 54.0 Å². The van der Waals surface area contributed by atoms with E-state index < -0.39 is 0 Å². The molecule has 25 heavy (non-hydrogen) atoms. The maximum absolute atomic E-state index is 14.2. The van der Waals surface area contributed by atoms with Gasteiger partial charge >= 0.3 is 0 Å². The van der Waals surface area contributed by atoms with Crippen molar-refractivity contribution in [2.24, 2.45) is 5.92 Å². The number of piperidine rings is 1. The number of rotatable bonds is 4. The van der Waals surface area contributed by atoms with Crippen LogP contribution in [0.25, 0.3) is 0 Å². The zero-order valence-electron chi connectivity index (χ0n) is 14.3. The van der Waals surface area contributed by atoms with Gasteiger partial charge < -0.3 is 9.80 Å². The van der Waals surface area contributed by atoms with Crippen LogP contribution >= 0.6 is 11.6 Å². The van der Waals surface area contributed by atoms with Crippen LogP contribution in [0.3, 0.4) is 0 Å². The van der Waals surface area contributed by atoms with Crippen LogP contribution in [0, 0.1) is 11.7 Å². The molecule has 7 heteroatoms. The largest absolute Gasteiger partial charge is 0.334 e. The molecule has 3 fully saturated rings. The molecule has 0 radical (unpaired) electrons. The molecule has 3 atom stereocenters. The molecule has 2 N–H and O–H groups in total. The minimum absolute atomic E-state index is 0.0529. The second kappa shape index (κ2) is 6.83.